The van der Waals surface area contributed by atoms with E-state index in [1.165, 1.54) is 0 Å². The van der Waals surface area contributed by atoms with Crippen molar-refractivity contribution in [3.8, 4) is 0 Å². The highest BCUT2D eigenvalue weighted by atomic mass is 16.3. The Morgan fingerprint density at radius 1 is 1.40 bits per heavy atom. The Bertz CT molecular complexity index is 127. The summed E-state index contributed by atoms with van der Waals surface area (Å²) in [5.41, 5.74) is 0. The van der Waals surface area contributed by atoms with Gasteiger partial charge in [-0.25, -0.2) is 0 Å². The van der Waals surface area contributed by atoms with E-state index in [1.54, 1.807) is 0 Å². The maximum Gasteiger partial charge on any atom is 0.0839 e. The van der Waals surface area contributed by atoms with Crippen molar-refractivity contribution < 1.29 is 0 Å². The molecule has 58 valence electrons. The van der Waals surface area contributed by atoms with Crippen LogP contribution in [0.2, 0.25) is 0 Å². The van der Waals surface area contributed by atoms with Crippen LogP contribution >= 0.6 is 0 Å². The van der Waals surface area contributed by atoms with E-state index in [0.717, 1.165) is 17.8 Å². The van der Waals surface area contributed by atoms with Gasteiger partial charge in [-0.3, -0.25) is 0 Å². The third kappa shape index (κ3) is 1.20. The second-order valence-electron chi connectivity index (χ2n) is 3.58. The standard InChI is InChI=1S/C8H15NO/c1-5(4-9-10)8-6(2)7(8)3/h5-8H,4H2,1-3H3/t5?,6-,7?,8?/m1/s1. The Labute approximate surface area is 62.0 Å². The third-order valence-corrected chi connectivity index (χ3v) is 2.92. The van der Waals surface area contributed by atoms with E-state index >= 15 is 0 Å². The van der Waals surface area contributed by atoms with E-state index in [2.05, 4.69) is 25.9 Å². The predicted molar refractivity (Wildman–Crippen MR) is 41.6 cm³/mol. The molecule has 1 rings (SSSR count). The minimum atomic E-state index is 0.499. The fourth-order valence-electron chi connectivity index (χ4n) is 1.98. The van der Waals surface area contributed by atoms with E-state index in [9.17, 15) is 4.91 Å². The van der Waals surface area contributed by atoms with Crippen LogP contribution in [0.3, 0.4) is 0 Å². The van der Waals surface area contributed by atoms with Gasteiger partial charge >= 0.3 is 0 Å². The van der Waals surface area contributed by atoms with Gasteiger partial charge in [-0.2, -0.15) is 4.91 Å². The topological polar surface area (TPSA) is 29.4 Å². The average Bonchev–Trinajstić information content (AvgIpc) is 2.42. The molecule has 0 N–H and O–H groups in total. The molecule has 4 atom stereocenters. The number of nitroso groups, excluding NO2 is 1. The lowest BCUT2D eigenvalue weighted by Crippen LogP contribution is -2.02. The summed E-state index contributed by atoms with van der Waals surface area (Å²) in [6, 6.07) is 0. The number of hydrogen-bond donors (Lipinski definition) is 0. The third-order valence-electron chi connectivity index (χ3n) is 2.92. The van der Waals surface area contributed by atoms with Gasteiger partial charge in [0.15, 0.2) is 0 Å². The van der Waals surface area contributed by atoms with E-state index in [-0.39, 0.29) is 0 Å². The molecule has 0 spiro atoms. The Morgan fingerprint density at radius 3 is 2.20 bits per heavy atom. The van der Waals surface area contributed by atoms with Crippen molar-refractivity contribution in [1.82, 2.24) is 0 Å². The minimum absolute atomic E-state index is 0.499. The van der Waals surface area contributed by atoms with Gasteiger partial charge in [-0.05, 0) is 23.7 Å². The highest BCUT2D eigenvalue weighted by Crippen LogP contribution is 2.50. The molecule has 10 heavy (non-hydrogen) atoms. The van der Waals surface area contributed by atoms with E-state index in [0.29, 0.717) is 12.5 Å². The van der Waals surface area contributed by atoms with Gasteiger partial charge in [-0.1, -0.05) is 25.9 Å². The van der Waals surface area contributed by atoms with Gasteiger partial charge in [0, 0.05) is 0 Å². The van der Waals surface area contributed by atoms with Crippen LogP contribution in [0.1, 0.15) is 20.8 Å². The smallest absolute Gasteiger partial charge is 0.0839 e. The van der Waals surface area contributed by atoms with Crippen LogP contribution < -0.4 is 0 Å². The molecule has 1 saturated carbocycles. The van der Waals surface area contributed by atoms with Crippen molar-refractivity contribution in [2.24, 2.45) is 28.8 Å². The molecule has 0 aromatic heterocycles. The number of rotatable bonds is 3. The number of hydrogen-bond acceptors (Lipinski definition) is 2. The summed E-state index contributed by atoms with van der Waals surface area (Å²) >= 11 is 0. The number of nitrogens with zero attached hydrogens (tertiary/aromatic N) is 1. The quantitative estimate of drug-likeness (QED) is 0.554. The molecule has 0 bridgehead atoms. The molecule has 1 aliphatic rings. The molecular formula is C8H15NO. The van der Waals surface area contributed by atoms with Crippen molar-refractivity contribution in [2.75, 3.05) is 6.54 Å². The second kappa shape index (κ2) is 2.69. The molecular weight excluding hydrogens is 126 g/mol. The zero-order chi connectivity index (χ0) is 7.72. The molecule has 0 heterocycles. The van der Waals surface area contributed by atoms with Crippen molar-refractivity contribution in [2.45, 2.75) is 20.8 Å². The highest BCUT2D eigenvalue weighted by molar-refractivity contribution is 4.94. The van der Waals surface area contributed by atoms with E-state index in [1.807, 2.05) is 0 Å². The van der Waals surface area contributed by atoms with Crippen molar-refractivity contribution in [3.63, 3.8) is 0 Å². The lowest BCUT2D eigenvalue weighted by molar-refractivity contribution is 0.480. The van der Waals surface area contributed by atoms with Gasteiger partial charge < -0.3 is 0 Å². The fraction of sp³-hybridized carbons (Fsp3) is 1.00. The van der Waals surface area contributed by atoms with Crippen molar-refractivity contribution in [3.05, 3.63) is 4.91 Å². The molecule has 3 unspecified atom stereocenters. The maximum atomic E-state index is 9.91. The Hall–Kier alpha value is -0.400. The maximum absolute atomic E-state index is 9.91. The SMILES string of the molecule is CC(CN=O)C1C(C)[C@H]1C. The van der Waals surface area contributed by atoms with Crippen LogP contribution in [0.25, 0.3) is 0 Å². The first kappa shape index (κ1) is 7.70. The van der Waals surface area contributed by atoms with Gasteiger partial charge in [0.25, 0.3) is 0 Å². The van der Waals surface area contributed by atoms with Crippen LogP contribution in [0.15, 0.2) is 5.18 Å². The predicted octanol–water partition coefficient (Wildman–Crippen LogP) is 2.29. The summed E-state index contributed by atoms with van der Waals surface area (Å²) in [5, 5.41) is 2.92. The summed E-state index contributed by atoms with van der Waals surface area (Å²) in [6.45, 7) is 7.11. The van der Waals surface area contributed by atoms with Crippen LogP contribution in [-0.2, 0) is 0 Å². The zero-order valence-electron chi connectivity index (χ0n) is 6.87. The average molecular weight is 141 g/mol. The Balaban J connectivity index is 2.30. The molecule has 2 heteroatoms. The molecule has 2 nitrogen and oxygen atoms in total. The minimum Gasteiger partial charge on any atom is -0.151 e. The molecule has 0 radical (unpaired) electrons. The van der Waals surface area contributed by atoms with Crippen LogP contribution in [0.4, 0.5) is 0 Å². The van der Waals surface area contributed by atoms with Crippen LogP contribution in [0.5, 0.6) is 0 Å². The fourth-order valence-corrected chi connectivity index (χ4v) is 1.98. The van der Waals surface area contributed by atoms with Crippen LogP contribution in [0, 0.1) is 28.6 Å². The lowest BCUT2D eigenvalue weighted by Gasteiger charge is -2.03. The molecule has 0 aliphatic heterocycles. The van der Waals surface area contributed by atoms with Crippen LogP contribution in [-0.4, -0.2) is 6.54 Å². The van der Waals surface area contributed by atoms with Gasteiger partial charge in [-0.15, -0.1) is 0 Å². The van der Waals surface area contributed by atoms with Gasteiger partial charge in [0.1, 0.15) is 0 Å². The van der Waals surface area contributed by atoms with Gasteiger partial charge in [0.05, 0.1) is 6.54 Å². The van der Waals surface area contributed by atoms with E-state index < -0.39 is 0 Å². The van der Waals surface area contributed by atoms with E-state index in [4.69, 9.17) is 0 Å². The molecule has 0 aromatic rings. The molecule has 0 amide bonds. The Morgan fingerprint density at radius 2 is 1.90 bits per heavy atom. The largest absolute Gasteiger partial charge is 0.151 e. The van der Waals surface area contributed by atoms with Gasteiger partial charge in [0.2, 0.25) is 0 Å². The van der Waals surface area contributed by atoms with Crippen molar-refractivity contribution in [1.29, 1.82) is 0 Å². The van der Waals surface area contributed by atoms with Crippen molar-refractivity contribution >= 4 is 0 Å². The first-order chi connectivity index (χ1) is 4.68. The highest BCUT2D eigenvalue weighted by Gasteiger charge is 2.45. The summed E-state index contributed by atoms with van der Waals surface area (Å²) in [6.07, 6.45) is 0. The molecule has 0 saturated heterocycles. The molecule has 1 aliphatic carbocycles. The summed E-state index contributed by atoms with van der Waals surface area (Å²) in [7, 11) is 0. The summed E-state index contributed by atoms with van der Waals surface area (Å²) < 4.78 is 0. The normalized spacial score (nSPS) is 40.9. The first-order valence-electron chi connectivity index (χ1n) is 3.97. The Kier molecular flexibility index (Phi) is 2.07. The second-order valence-corrected chi connectivity index (χ2v) is 3.58. The first-order valence-corrected chi connectivity index (χ1v) is 3.97. The zero-order valence-corrected chi connectivity index (χ0v) is 6.87. The monoisotopic (exact) mass is 141 g/mol. The molecule has 0 aromatic carbocycles. The molecule has 1 fully saturated rings. The lowest BCUT2D eigenvalue weighted by atomic mass is 10.0. The summed E-state index contributed by atoms with van der Waals surface area (Å²) in [5.74, 6) is 2.90. The summed E-state index contributed by atoms with van der Waals surface area (Å²) in [4.78, 5) is 9.91.